The Kier molecular flexibility index (Phi) is 6.19. The van der Waals surface area contributed by atoms with E-state index < -0.39 is 23.4 Å². The molecule has 34 heavy (non-hydrogen) atoms. The SMILES string of the molecule is CC(C)(C)NC(=O)[C@H](c1cccs1)N(C(=O)c1snc(C(N)=O)c1N)c1ccc2c(c1)OCO2. The van der Waals surface area contributed by atoms with Crippen molar-refractivity contribution in [3.63, 3.8) is 0 Å². The van der Waals surface area contributed by atoms with Crippen LogP contribution in [0.4, 0.5) is 11.4 Å². The minimum atomic E-state index is -1.04. The van der Waals surface area contributed by atoms with E-state index in [1.165, 1.54) is 16.2 Å². The molecule has 2 aromatic heterocycles. The smallest absolute Gasteiger partial charge is 0.273 e. The number of thiophene rings is 1. The summed E-state index contributed by atoms with van der Waals surface area (Å²) in [5, 5.41) is 4.78. The Morgan fingerprint density at radius 1 is 1.18 bits per heavy atom. The van der Waals surface area contributed by atoms with Crippen LogP contribution >= 0.6 is 22.9 Å². The molecule has 1 atom stereocenters. The van der Waals surface area contributed by atoms with Crippen LogP contribution < -0.4 is 31.2 Å². The highest BCUT2D eigenvalue weighted by molar-refractivity contribution is 7.10. The van der Waals surface area contributed by atoms with Crippen LogP contribution in [0.25, 0.3) is 0 Å². The molecule has 0 saturated carbocycles. The van der Waals surface area contributed by atoms with Crippen molar-refractivity contribution in [2.45, 2.75) is 32.4 Å². The third-order valence-corrected chi connectivity index (χ3v) is 6.60. The molecule has 0 spiro atoms. The quantitative estimate of drug-likeness (QED) is 0.470. The van der Waals surface area contributed by atoms with Crippen molar-refractivity contribution in [1.82, 2.24) is 9.69 Å². The van der Waals surface area contributed by atoms with Crippen LogP contribution in [0.2, 0.25) is 0 Å². The number of anilines is 2. The Morgan fingerprint density at radius 2 is 1.91 bits per heavy atom. The van der Waals surface area contributed by atoms with E-state index in [1.807, 2.05) is 26.2 Å². The molecule has 0 bridgehead atoms. The summed E-state index contributed by atoms with van der Waals surface area (Å²) in [5.74, 6) is -0.881. The minimum absolute atomic E-state index is 0.00317. The average Bonchev–Trinajstić information content (AvgIpc) is 3.50. The first kappa shape index (κ1) is 23.5. The number of benzene rings is 1. The third-order valence-electron chi connectivity index (χ3n) is 4.83. The summed E-state index contributed by atoms with van der Waals surface area (Å²) in [7, 11) is 0. The number of fused-ring (bicyclic) bond motifs is 1. The first-order chi connectivity index (χ1) is 16.1. The van der Waals surface area contributed by atoms with Gasteiger partial charge in [0.2, 0.25) is 12.7 Å². The molecule has 1 aliphatic rings. The van der Waals surface area contributed by atoms with Crippen molar-refractivity contribution < 1.29 is 23.9 Å². The van der Waals surface area contributed by atoms with Gasteiger partial charge in [-0.3, -0.25) is 19.3 Å². The van der Waals surface area contributed by atoms with E-state index in [0.29, 0.717) is 22.1 Å². The molecule has 0 fully saturated rings. The fourth-order valence-electron chi connectivity index (χ4n) is 3.42. The zero-order valence-corrected chi connectivity index (χ0v) is 20.3. The molecule has 0 radical (unpaired) electrons. The highest BCUT2D eigenvalue weighted by atomic mass is 32.1. The van der Waals surface area contributed by atoms with Crippen molar-refractivity contribution in [2.24, 2.45) is 5.73 Å². The Balaban J connectivity index is 1.88. The third kappa shape index (κ3) is 4.54. The van der Waals surface area contributed by atoms with Crippen LogP contribution in [0, 0.1) is 0 Å². The van der Waals surface area contributed by atoms with Gasteiger partial charge in [0.25, 0.3) is 11.8 Å². The second-order valence-electron chi connectivity index (χ2n) is 8.51. The molecule has 1 aromatic carbocycles. The number of primary amides is 1. The van der Waals surface area contributed by atoms with Crippen molar-refractivity contribution in [2.75, 3.05) is 17.4 Å². The summed E-state index contributed by atoms with van der Waals surface area (Å²) in [6.07, 6.45) is 0. The number of aromatic nitrogens is 1. The van der Waals surface area contributed by atoms with E-state index in [2.05, 4.69) is 9.69 Å². The predicted octanol–water partition coefficient (Wildman–Crippen LogP) is 2.92. The molecule has 0 aliphatic carbocycles. The first-order valence-electron chi connectivity index (χ1n) is 10.2. The fraction of sp³-hybridized carbons (Fsp3) is 0.273. The number of hydrogen-bond donors (Lipinski definition) is 3. The van der Waals surface area contributed by atoms with Gasteiger partial charge in [0.1, 0.15) is 4.88 Å². The lowest BCUT2D eigenvalue weighted by molar-refractivity contribution is -0.123. The maximum atomic E-state index is 13.9. The first-order valence-corrected chi connectivity index (χ1v) is 11.9. The van der Waals surface area contributed by atoms with Crippen LogP contribution in [-0.2, 0) is 4.79 Å². The van der Waals surface area contributed by atoms with E-state index in [1.54, 1.807) is 30.3 Å². The zero-order valence-electron chi connectivity index (χ0n) is 18.7. The largest absolute Gasteiger partial charge is 0.454 e. The molecule has 4 rings (SSSR count). The number of rotatable bonds is 6. The lowest BCUT2D eigenvalue weighted by Crippen LogP contribution is -2.49. The number of amides is 3. The van der Waals surface area contributed by atoms with Crippen molar-refractivity contribution in [3.05, 3.63) is 51.2 Å². The molecule has 12 heteroatoms. The van der Waals surface area contributed by atoms with Gasteiger partial charge in [-0.15, -0.1) is 11.3 Å². The molecular formula is C22H23N5O5S2. The molecule has 0 saturated heterocycles. The van der Waals surface area contributed by atoms with Crippen molar-refractivity contribution >= 4 is 52.0 Å². The summed E-state index contributed by atoms with van der Waals surface area (Å²) in [4.78, 5) is 41.1. The number of ether oxygens (including phenoxy) is 2. The van der Waals surface area contributed by atoms with E-state index in [-0.39, 0.29) is 29.0 Å². The van der Waals surface area contributed by atoms with Crippen LogP contribution in [-0.4, -0.2) is 34.4 Å². The Hall–Kier alpha value is -3.64. The average molecular weight is 502 g/mol. The minimum Gasteiger partial charge on any atom is -0.454 e. The van der Waals surface area contributed by atoms with Gasteiger partial charge in [-0.1, -0.05) is 6.07 Å². The second kappa shape index (κ2) is 8.95. The van der Waals surface area contributed by atoms with E-state index >= 15 is 0 Å². The molecule has 5 N–H and O–H groups in total. The summed E-state index contributed by atoms with van der Waals surface area (Å²) in [6.45, 7) is 5.60. The molecule has 3 aromatic rings. The Labute approximate surface area is 203 Å². The lowest BCUT2D eigenvalue weighted by Gasteiger charge is -2.33. The van der Waals surface area contributed by atoms with Gasteiger partial charge < -0.3 is 26.3 Å². The van der Waals surface area contributed by atoms with Gasteiger partial charge in [-0.25, -0.2) is 0 Å². The maximum absolute atomic E-state index is 13.9. The van der Waals surface area contributed by atoms with Crippen molar-refractivity contribution in [1.29, 1.82) is 0 Å². The summed E-state index contributed by atoms with van der Waals surface area (Å²) in [5.41, 5.74) is 10.9. The molecule has 3 amide bonds. The van der Waals surface area contributed by atoms with Gasteiger partial charge in [-0.2, -0.15) is 4.37 Å². The number of hydrogen-bond acceptors (Lipinski definition) is 9. The van der Waals surface area contributed by atoms with Gasteiger partial charge in [0.15, 0.2) is 23.2 Å². The van der Waals surface area contributed by atoms with Gasteiger partial charge in [-0.05, 0) is 55.9 Å². The lowest BCUT2D eigenvalue weighted by atomic mass is 10.1. The van der Waals surface area contributed by atoms with E-state index in [0.717, 1.165) is 11.5 Å². The zero-order chi connectivity index (χ0) is 24.6. The van der Waals surface area contributed by atoms with Crippen molar-refractivity contribution in [3.8, 4) is 11.5 Å². The van der Waals surface area contributed by atoms with Crippen LogP contribution in [0.1, 0.15) is 51.9 Å². The molecule has 1 aliphatic heterocycles. The number of nitrogens with zero attached hydrogens (tertiary/aromatic N) is 2. The van der Waals surface area contributed by atoms with Crippen LogP contribution in [0.5, 0.6) is 11.5 Å². The number of carbonyl (C=O) groups is 3. The van der Waals surface area contributed by atoms with Crippen LogP contribution in [0.15, 0.2) is 35.7 Å². The normalized spacial score (nSPS) is 13.4. The van der Waals surface area contributed by atoms with E-state index in [9.17, 15) is 14.4 Å². The number of nitrogens with one attached hydrogen (secondary N) is 1. The Bertz CT molecular complexity index is 1250. The molecular weight excluding hydrogens is 478 g/mol. The molecule has 3 heterocycles. The predicted molar refractivity (Wildman–Crippen MR) is 129 cm³/mol. The molecule has 0 unspecified atom stereocenters. The topological polar surface area (TPSA) is 150 Å². The summed E-state index contributed by atoms with van der Waals surface area (Å²) in [6, 6.07) is 7.48. The van der Waals surface area contributed by atoms with Gasteiger partial charge >= 0.3 is 0 Å². The molecule has 178 valence electrons. The van der Waals surface area contributed by atoms with Gasteiger partial charge in [0, 0.05) is 22.2 Å². The second-order valence-corrected chi connectivity index (χ2v) is 10.3. The summed E-state index contributed by atoms with van der Waals surface area (Å²) >= 11 is 2.08. The highest BCUT2D eigenvalue weighted by Crippen LogP contribution is 2.40. The monoisotopic (exact) mass is 501 g/mol. The fourth-order valence-corrected chi connectivity index (χ4v) is 4.97. The van der Waals surface area contributed by atoms with Crippen LogP contribution in [0.3, 0.4) is 0 Å². The number of carbonyl (C=O) groups excluding carboxylic acids is 3. The maximum Gasteiger partial charge on any atom is 0.273 e. The highest BCUT2D eigenvalue weighted by Gasteiger charge is 2.38. The standard InChI is InChI=1S/C22H23N5O5S2/c1-22(2,3)25-20(29)17(14-5-4-8-33-14)27(11-6-7-12-13(9-11)32-10-31-12)21(30)18-15(23)16(19(24)28)26-34-18/h4-9,17H,10,23H2,1-3H3,(H2,24,28)(H,25,29)/t17-/m0/s1. The van der Waals surface area contributed by atoms with E-state index in [4.69, 9.17) is 20.9 Å². The number of nitrogens with two attached hydrogens (primary N) is 2. The molecule has 10 nitrogen and oxygen atoms in total. The van der Waals surface area contributed by atoms with Gasteiger partial charge in [0.05, 0.1) is 5.69 Å². The summed E-state index contributed by atoms with van der Waals surface area (Å²) < 4.78 is 14.8. The number of nitrogen functional groups attached to an aromatic ring is 1. The Morgan fingerprint density at radius 3 is 2.53 bits per heavy atom.